The summed E-state index contributed by atoms with van der Waals surface area (Å²) in [5.41, 5.74) is 2.17. The molecule has 0 aliphatic rings. The topological polar surface area (TPSA) is 95.7 Å². The van der Waals surface area contributed by atoms with Gasteiger partial charge in [0.1, 0.15) is 11.4 Å². The van der Waals surface area contributed by atoms with Gasteiger partial charge in [-0.25, -0.2) is 13.6 Å². The van der Waals surface area contributed by atoms with Gasteiger partial charge in [-0.05, 0) is 75.4 Å². The van der Waals surface area contributed by atoms with Crippen LogP contribution in [0.5, 0.6) is 5.75 Å². The lowest BCUT2D eigenvalue weighted by molar-refractivity contribution is -0.154. The first-order valence-electron chi connectivity index (χ1n) is 12.6. The molecule has 35 heavy (non-hydrogen) atoms. The van der Waals surface area contributed by atoms with Crippen LogP contribution in [-0.2, 0) is 32.4 Å². The fraction of sp³-hybridized carbons (Fsp3) is 0.536. The van der Waals surface area contributed by atoms with E-state index in [1.807, 2.05) is 20.8 Å². The molecule has 0 radical (unpaired) electrons. The molecule has 0 bridgehead atoms. The van der Waals surface area contributed by atoms with Gasteiger partial charge in [0.2, 0.25) is 10.0 Å². The third kappa shape index (κ3) is 12.8. The van der Waals surface area contributed by atoms with Gasteiger partial charge in [-0.1, -0.05) is 56.4 Å². The molecule has 0 aliphatic carbocycles. The maximum Gasteiger partial charge on any atom is 0.306 e. The highest BCUT2D eigenvalue weighted by Crippen LogP contribution is 2.16. The standard InChI is InChI=1S/C28H41NO5S/c1-28(2,3)34-27(30)12-10-8-6-4-5-7-9-11-23-13-15-24(16-14-23)21-22-33-25-17-19-26(20-18-25)35(29,31)32/h13-20H,4-12,21-22H2,1-3H3,(H2,29,31,32). The Hall–Kier alpha value is -2.38. The predicted octanol–water partition coefficient (Wildman–Crippen LogP) is 5.96. The highest BCUT2D eigenvalue weighted by atomic mass is 32.2. The zero-order chi connectivity index (χ0) is 25.7. The van der Waals surface area contributed by atoms with Crippen LogP contribution in [-0.4, -0.2) is 26.6 Å². The van der Waals surface area contributed by atoms with Crippen molar-refractivity contribution in [1.29, 1.82) is 0 Å². The Morgan fingerprint density at radius 2 is 1.29 bits per heavy atom. The van der Waals surface area contributed by atoms with Crippen LogP contribution in [0.2, 0.25) is 0 Å². The molecule has 0 amide bonds. The average Bonchev–Trinajstić information content (AvgIpc) is 2.77. The van der Waals surface area contributed by atoms with Gasteiger partial charge in [0, 0.05) is 12.8 Å². The monoisotopic (exact) mass is 503 g/mol. The van der Waals surface area contributed by atoms with Gasteiger partial charge in [-0.2, -0.15) is 0 Å². The van der Waals surface area contributed by atoms with Gasteiger partial charge in [0.25, 0.3) is 0 Å². The molecule has 2 rings (SSSR count). The van der Waals surface area contributed by atoms with E-state index in [9.17, 15) is 13.2 Å². The molecule has 2 aromatic rings. The number of esters is 1. The summed E-state index contributed by atoms with van der Waals surface area (Å²) in [5, 5.41) is 5.10. The number of aryl methyl sites for hydroxylation is 1. The van der Waals surface area contributed by atoms with E-state index in [-0.39, 0.29) is 16.5 Å². The predicted molar refractivity (Wildman–Crippen MR) is 140 cm³/mol. The third-order valence-electron chi connectivity index (χ3n) is 5.60. The zero-order valence-corrected chi connectivity index (χ0v) is 22.2. The van der Waals surface area contributed by atoms with E-state index in [0.717, 1.165) is 25.7 Å². The van der Waals surface area contributed by atoms with Crippen LogP contribution in [0.25, 0.3) is 0 Å². The SMILES string of the molecule is CC(C)(C)OC(=O)CCCCCCCCCc1ccc(CCOc2ccc(S(N)(=O)=O)cc2)cc1. The van der Waals surface area contributed by atoms with Crippen molar-refractivity contribution in [3.63, 3.8) is 0 Å². The van der Waals surface area contributed by atoms with Crippen molar-refractivity contribution in [3.8, 4) is 5.75 Å². The average molecular weight is 504 g/mol. The quantitative estimate of drug-likeness (QED) is 0.239. The summed E-state index contributed by atoms with van der Waals surface area (Å²) in [5.74, 6) is 0.533. The maximum atomic E-state index is 11.7. The van der Waals surface area contributed by atoms with Crippen LogP contribution in [0.3, 0.4) is 0 Å². The normalized spacial score (nSPS) is 11.9. The summed E-state index contributed by atoms with van der Waals surface area (Å²) >= 11 is 0. The van der Waals surface area contributed by atoms with Crippen LogP contribution in [0, 0.1) is 0 Å². The fourth-order valence-corrected chi connectivity index (χ4v) is 4.28. The van der Waals surface area contributed by atoms with E-state index < -0.39 is 10.0 Å². The minimum absolute atomic E-state index is 0.0794. The number of benzene rings is 2. The summed E-state index contributed by atoms with van der Waals surface area (Å²) < 4.78 is 33.6. The first kappa shape index (κ1) is 28.9. The molecule has 7 heteroatoms. The first-order valence-corrected chi connectivity index (χ1v) is 14.1. The minimum atomic E-state index is -3.68. The largest absolute Gasteiger partial charge is 0.493 e. The molecule has 0 heterocycles. The molecule has 0 aromatic heterocycles. The van der Waals surface area contributed by atoms with Crippen molar-refractivity contribution in [2.24, 2.45) is 5.14 Å². The Morgan fingerprint density at radius 3 is 1.83 bits per heavy atom. The molecular formula is C28H41NO5S. The molecule has 6 nitrogen and oxygen atoms in total. The van der Waals surface area contributed by atoms with E-state index >= 15 is 0 Å². The number of rotatable bonds is 15. The van der Waals surface area contributed by atoms with E-state index in [4.69, 9.17) is 14.6 Å². The molecule has 0 saturated carbocycles. The second-order valence-electron chi connectivity index (χ2n) is 9.99. The maximum absolute atomic E-state index is 11.7. The lowest BCUT2D eigenvalue weighted by atomic mass is 10.0. The lowest BCUT2D eigenvalue weighted by Crippen LogP contribution is -2.23. The molecule has 0 spiro atoms. The van der Waals surface area contributed by atoms with Gasteiger partial charge in [-0.15, -0.1) is 0 Å². The second kappa shape index (κ2) is 14.2. The molecule has 194 valence electrons. The van der Waals surface area contributed by atoms with Crippen molar-refractivity contribution < 1.29 is 22.7 Å². The number of hydrogen-bond acceptors (Lipinski definition) is 5. The number of carbonyl (C=O) groups is 1. The summed E-state index contributed by atoms with van der Waals surface area (Å²) in [7, 11) is -3.68. The third-order valence-corrected chi connectivity index (χ3v) is 6.53. The molecule has 0 unspecified atom stereocenters. The van der Waals surface area contributed by atoms with Gasteiger partial charge >= 0.3 is 5.97 Å². The molecule has 2 N–H and O–H groups in total. The van der Waals surface area contributed by atoms with Crippen LogP contribution in [0.15, 0.2) is 53.4 Å². The number of hydrogen-bond donors (Lipinski definition) is 1. The number of unbranched alkanes of at least 4 members (excludes halogenated alkanes) is 6. The van der Waals surface area contributed by atoms with Crippen LogP contribution >= 0.6 is 0 Å². The molecule has 0 fully saturated rings. The number of sulfonamides is 1. The molecule has 2 aromatic carbocycles. The summed E-state index contributed by atoms with van der Waals surface area (Å²) in [6.07, 6.45) is 10.4. The van der Waals surface area contributed by atoms with Gasteiger partial charge in [0.15, 0.2) is 0 Å². The first-order chi connectivity index (χ1) is 16.5. The smallest absolute Gasteiger partial charge is 0.306 e. The van der Waals surface area contributed by atoms with Gasteiger partial charge in [0.05, 0.1) is 11.5 Å². The van der Waals surface area contributed by atoms with Crippen molar-refractivity contribution in [3.05, 3.63) is 59.7 Å². The highest BCUT2D eigenvalue weighted by Gasteiger charge is 2.15. The van der Waals surface area contributed by atoms with Crippen LogP contribution in [0.1, 0.15) is 83.3 Å². The van der Waals surface area contributed by atoms with Crippen molar-refractivity contribution in [2.45, 2.75) is 95.5 Å². The Morgan fingerprint density at radius 1 is 0.771 bits per heavy atom. The van der Waals surface area contributed by atoms with E-state index in [0.29, 0.717) is 18.8 Å². The second-order valence-corrected chi connectivity index (χ2v) is 11.6. The number of ether oxygens (including phenoxy) is 2. The summed E-state index contributed by atoms with van der Waals surface area (Å²) in [6, 6.07) is 14.8. The Labute approximate surface area is 211 Å². The Kier molecular flexibility index (Phi) is 11.7. The molecule has 0 aliphatic heterocycles. The number of carbonyl (C=O) groups excluding carboxylic acids is 1. The van der Waals surface area contributed by atoms with Crippen LogP contribution in [0.4, 0.5) is 0 Å². The fourth-order valence-electron chi connectivity index (χ4n) is 3.76. The van der Waals surface area contributed by atoms with E-state index in [1.54, 1.807) is 12.1 Å². The minimum Gasteiger partial charge on any atom is -0.493 e. The zero-order valence-electron chi connectivity index (χ0n) is 21.4. The summed E-state index contributed by atoms with van der Waals surface area (Å²) in [4.78, 5) is 11.8. The Bertz CT molecular complexity index is 993. The molecule has 0 atom stereocenters. The van der Waals surface area contributed by atoms with Crippen LogP contribution < -0.4 is 9.88 Å². The van der Waals surface area contributed by atoms with Crippen molar-refractivity contribution >= 4 is 16.0 Å². The molecular weight excluding hydrogens is 462 g/mol. The highest BCUT2D eigenvalue weighted by molar-refractivity contribution is 7.89. The number of primary sulfonamides is 1. The van der Waals surface area contributed by atoms with Crippen molar-refractivity contribution in [2.75, 3.05) is 6.61 Å². The number of nitrogens with two attached hydrogens (primary N) is 1. The lowest BCUT2D eigenvalue weighted by Gasteiger charge is -2.19. The van der Waals surface area contributed by atoms with Crippen molar-refractivity contribution in [1.82, 2.24) is 0 Å². The molecule has 0 saturated heterocycles. The Balaban J connectivity index is 1.52. The van der Waals surface area contributed by atoms with E-state index in [1.165, 1.54) is 55.4 Å². The van der Waals surface area contributed by atoms with Gasteiger partial charge < -0.3 is 9.47 Å². The van der Waals surface area contributed by atoms with E-state index in [2.05, 4.69) is 24.3 Å². The summed E-state index contributed by atoms with van der Waals surface area (Å²) in [6.45, 7) is 6.23. The van der Waals surface area contributed by atoms with Gasteiger partial charge in [-0.3, -0.25) is 4.79 Å².